The number of carbonyl (C=O) groups is 1. The van der Waals surface area contributed by atoms with E-state index in [1.807, 2.05) is 23.6 Å². The smallest absolute Gasteiger partial charge is 0.258 e. The number of rotatable bonds is 6. The van der Waals surface area contributed by atoms with Gasteiger partial charge in [0.15, 0.2) is 6.61 Å². The van der Waals surface area contributed by atoms with E-state index in [-0.39, 0.29) is 18.6 Å². The lowest BCUT2D eigenvalue weighted by Gasteiger charge is -2.21. The number of nitrogens with zero attached hydrogens (tertiary/aromatic N) is 2. The van der Waals surface area contributed by atoms with E-state index in [9.17, 15) is 4.79 Å². The number of fused-ring (bicyclic) bond motifs is 1. The van der Waals surface area contributed by atoms with Crippen molar-refractivity contribution in [1.82, 2.24) is 14.1 Å². The molecule has 0 spiro atoms. The Hall–Kier alpha value is -1.99. The van der Waals surface area contributed by atoms with E-state index in [0.29, 0.717) is 11.7 Å². The summed E-state index contributed by atoms with van der Waals surface area (Å²) in [5.41, 5.74) is 1.62. The minimum Gasteiger partial charge on any atom is -0.484 e. The first-order chi connectivity index (χ1) is 11.1. The van der Waals surface area contributed by atoms with Gasteiger partial charge in [-0.1, -0.05) is 19.9 Å². The third kappa shape index (κ3) is 3.86. The number of amides is 1. The first kappa shape index (κ1) is 15.9. The molecule has 7 heteroatoms. The molecule has 3 rings (SSSR count). The van der Waals surface area contributed by atoms with Crippen LogP contribution in [0.2, 0.25) is 0 Å². The first-order valence-corrected chi connectivity index (χ1v) is 8.92. The molecular formula is C16H17N3O2S2. The van der Waals surface area contributed by atoms with Gasteiger partial charge in [0, 0.05) is 10.9 Å². The van der Waals surface area contributed by atoms with Crippen molar-refractivity contribution >= 4 is 40.0 Å². The number of thiophene rings is 1. The van der Waals surface area contributed by atoms with E-state index in [4.69, 9.17) is 4.74 Å². The molecule has 1 aromatic carbocycles. The summed E-state index contributed by atoms with van der Waals surface area (Å²) in [6.07, 6.45) is 0. The monoisotopic (exact) mass is 347 g/mol. The van der Waals surface area contributed by atoms with Gasteiger partial charge in [-0.25, -0.2) is 0 Å². The molecule has 0 saturated carbocycles. The molecule has 0 unspecified atom stereocenters. The highest BCUT2D eigenvalue weighted by Gasteiger charge is 2.19. The molecule has 2 heterocycles. The van der Waals surface area contributed by atoms with Crippen LogP contribution in [0.1, 0.15) is 24.8 Å². The van der Waals surface area contributed by atoms with Gasteiger partial charge in [0.05, 0.1) is 17.8 Å². The summed E-state index contributed by atoms with van der Waals surface area (Å²) in [7, 11) is 0. The van der Waals surface area contributed by atoms with Gasteiger partial charge in [-0.15, -0.1) is 11.3 Å². The molecule has 1 atom stereocenters. The molecule has 0 aliphatic heterocycles. The minimum absolute atomic E-state index is 0.0105. The minimum atomic E-state index is -0.131. The summed E-state index contributed by atoms with van der Waals surface area (Å²) in [5, 5.41) is 5.06. The van der Waals surface area contributed by atoms with Crippen LogP contribution >= 0.6 is 23.1 Å². The van der Waals surface area contributed by atoms with Crippen molar-refractivity contribution in [3.8, 4) is 5.75 Å². The van der Waals surface area contributed by atoms with Crippen LogP contribution in [-0.2, 0) is 4.79 Å². The van der Waals surface area contributed by atoms with E-state index in [1.54, 1.807) is 23.5 Å². The first-order valence-electron chi connectivity index (χ1n) is 7.31. The normalized spacial score (nSPS) is 12.5. The second-order valence-corrected chi connectivity index (χ2v) is 7.02. The maximum atomic E-state index is 12.2. The molecule has 5 nitrogen and oxygen atoms in total. The predicted molar refractivity (Wildman–Crippen MR) is 93.0 cm³/mol. The van der Waals surface area contributed by atoms with Gasteiger partial charge in [0.2, 0.25) is 0 Å². The number of carbonyl (C=O) groups excluding carboxylic acids is 1. The Balaban J connectivity index is 1.60. The summed E-state index contributed by atoms with van der Waals surface area (Å²) < 4.78 is 13.9. The third-order valence-electron chi connectivity index (χ3n) is 3.43. The van der Waals surface area contributed by atoms with Crippen LogP contribution in [0.15, 0.2) is 35.7 Å². The van der Waals surface area contributed by atoms with Crippen molar-refractivity contribution in [2.45, 2.75) is 19.9 Å². The fourth-order valence-electron chi connectivity index (χ4n) is 2.25. The molecule has 120 valence electrons. The van der Waals surface area contributed by atoms with Gasteiger partial charge in [0.1, 0.15) is 16.8 Å². The van der Waals surface area contributed by atoms with Crippen LogP contribution in [0.25, 0.3) is 11.0 Å². The second kappa shape index (κ2) is 7.06. The summed E-state index contributed by atoms with van der Waals surface area (Å²) in [6, 6.07) is 9.49. The second-order valence-electron chi connectivity index (χ2n) is 5.51. The van der Waals surface area contributed by atoms with Gasteiger partial charge in [0.25, 0.3) is 5.91 Å². The van der Waals surface area contributed by atoms with Gasteiger partial charge in [-0.3, -0.25) is 4.79 Å². The molecular weight excluding hydrogens is 330 g/mol. The Kier molecular flexibility index (Phi) is 4.88. The van der Waals surface area contributed by atoms with Gasteiger partial charge in [-0.05, 0) is 29.5 Å². The molecule has 0 fully saturated rings. The molecule has 0 bridgehead atoms. The van der Waals surface area contributed by atoms with Gasteiger partial charge >= 0.3 is 0 Å². The van der Waals surface area contributed by atoms with Gasteiger partial charge in [-0.2, -0.15) is 8.75 Å². The Bertz CT molecular complexity index is 784. The number of aromatic nitrogens is 2. The van der Waals surface area contributed by atoms with E-state index in [2.05, 4.69) is 27.9 Å². The number of ether oxygens (including phenoxy) is 1. The van der Waals surface area contributed by atoms with Gasteiger partial charge < -0.3 is 10.1 Å². The average molecular weight is 347 g/mol. The van der Waals surface area contributed by atoms with Crippen molar-refractivity contribution in [3.63, 3.8) is 0 Å². The zero-order valence-corrected chi connectivity index (χ0v) is 14.5. The van der Waals surface area contributed by atoms with Crippen LogP contribution in [0.5, 0.6) is 5.75 Å². The van der Waals surface area contributed by atoms with Crippen LogP contribution < -0.4 is 10.1 Å². The molecule has 0 aliphatic carbocycles. The Morgan fingerprint density at radius 1 is 1.26 bits per heavy atom. The fourth-order valence-corrected chi connectivity index (χ4v) is 3.72. The zero-order chi connectivity index (χ0) is 16.2. The number of benzene rings is 1. The van der Waals surface area contributed by atoms with E-state index in [1.165, 1.54) is 0 Å². The zero-order valence-electron chi connectivity index (χ0n) is 12.9. The lowest BCUT2D eigenvalue weighted by molar-refractivity contribution is -0.124. The Morgan fingerprint density at radius 3 is 2.83 bits per heavy atom. The Morgan fingerprint density at radius 2 is 2.09 bits per heavy atom. The van der Waals surface area contributed by atoms with Crippen LogP contribution in [0, 0.1) is 5.92 Å². The highest BCUT2D eigenvalue weighted by atomic mass is 32.1. The Labute approximate surface area is 142 Å². The highest BCUT2D eigenvalue weighted by molar-refractivity contribution is 7.10. The molecule has 2 aromatic heterocycles. The van der Waals surface area contributed by atoms with Crippen molar-refractivity contribution < 1.29 is 9.53 Å². The molecule has 0 saturated heterocycles. The number of hydrogen-bond donors (Lipinski definition) is 1. The highest BCUT2D eigenvalue weighted by Crippen LogP contribution is 2.25. The summed E-state index contributed by atoms with van der Waals surface area (Å²) in [4.78, 5) is 13.3. The summed E-state index contributed by atoms with van der Waals surface area (Å²) >= 11 is 2.81. The van der Waals surface area contributed by atoms with E-state index in [0.717, 1.165) is 27.6 Å². The maximum Gasteiger partial charge on any atom is 0.258 e. The largest absolute Gasteiger partial charge is 0.484 e. The van der Waals surface area contributed by atoms with Crippen LogP contribution in [0.3, 0.4) is 0 Å². The van der Waals surface area contributed by atoms with Crippen molar-refractivity contribution in [1.29, 1.82) is 0 Å². The molecule has 3 aromatic rings. The van der Waals surface area contributed by atoms with Crippen molar-refractivity contribution in [2.24, 2.45) is 5.92 Å². The van der Waals surface area contributed by atoms with Crippen LogP contribution in [0.4, 0.5) is 0 Å². The number of hydrogen-bond acceptors (Lipinski definition) is 6. The summed E-state index contributed by atoms with van der Waals surface area (Å²) in [5.74, 6) is 0.807. The summed E-state index contributed by atoms with van der Waals surface area (Å²) in [6.45, 7) is 4.17. The van der Waals surface area contributed by atoms with E-state index >= 15 is 0 Å². The average Bonchev–Trinajstić information content (AvgIpc) is 3.20. The topological polar surface area (TPSA) is 64.1 Å². The molecule has 0 radical (unpaired) electrons. The van der Waals surface area contributed by atoms with E-state index < -0.39 is 0 Å². The lowest BCUT2D eigenvalue weighted by Crippen LogP contribution is -2.34. The number of nitrogens with one attached hydrogen (secondary N) is 1. The third-order valence-corrected chi connectivity index (χ3v) is 4.94. The van der Waals surface area contributed by atoms with Crippen molar-refractivity contribution in [3.05, 3.63) is 40.6 Å². The maximum absolute atomic E-state index is 12.2. The molecule has 23 heavy (non-hydrogen) atoms. The van der Waals surface area contributed by atoms with Crippen LogP contribution in [-0.4, -0.2) is 21.3 Å². The fraction of sp³-hybridized carbons (Fsp3) is 0.312. The SMILES string of the molecule is CC(C)[C@@H](NC(=O)COc1ccc2nsnc2c1)c1cccs1. The lowest BCUT2D eigenvalue weighted by atomic mass is 10.0. The molecule has 0 aliphatic rings. The quantitative estimate of drug-likeness (QED) is 0.739. The molecule has 1 amide bonds. The predicted octanol–water partition coefficient (Wildman–Crippen LogP) is 3.65. The standard InChI is InChI=1S/C16H17N3O2S2/c1-10(2)16(14-4-3-7-22-14)17-15(20)9-21-11-5-6-12-13(8-11)19-23-18-12/h3-8,10,16H,9H2,1-2H3,(H,17,20)/t16-/m1/s1. The molecule has 1 N–H and O–H groups in total. The van der Waals surface area contributed by atoms with Crippen molar-refractivity contribution in [2.75, 3.05) is 6.61 Å².